The van der Waals surface area contributed by atoms with Gasteiger partial charge >= 0.3 is 58.1 Å². The smallest absolute Gasteiger partial charge is 1.00 e. The van der Waals surface area contributed by atoms with Crippen LogP contribution in [0.5, 0.6) is 0 Å². The summed E-state index contributed by atoms with van der Waals surface area (Å²) in [5.74, 6) is 0. The molecular weight excluding hydrogens is 277 g/mol. The van der Waals surface area contributed by atoms with Crippen molar-refractivity contribution < 1.29 is 34.0 Å². The molecule has 0 atom stereocenters. The van der Waals surface area contributed by atoms with E-state index in [4.69, 9.17) is 14.1 Å². The van der Waals surface area contributed by atoms with Gasteiger partial charge in [-0.3, -0.25) is 4.46 Å². The predicted molar refractivity (Wildman–Crippen MR) is 18.9 cm³/mol. The van der Waals surface area contributed by atoms with Crippen LogP contribution in [0.1, 0.15) is 2.85 Å². The standard InChI is InChI=1S/Ba.Cu.H2O3Si.2H/c;;1-4(2)3;;/h;;1-2H;;/q+2;;;2*-1. The largest absolute Gasteiger partial charge is 2.00 e. The molecule has 0 fully saturated rings. The third kappa shape index (κ3) is 43.4. The minimum atomic E-state index is -3.13. The minimum Gasteiger partial charge on any atom is -1.00 e. The molecule has 0 saturated heterocycles. The Morgan fingerprint density at radius 3 is 1.50 bits per heavy atom. The maximum atomic E-state index is 8.74. The Morgan fingerprint density at radius 2 is 1.50 bits per heavy atom. The van der Waals surface area contributed by atoms with Gasteiger partial charge in [0.05, 0.1) is 0 Å². The van der Waals surface area contributed by atoms with Crippen LogP contribution < -0.4 is 0 Å². The van der Waals surface area contributed by atoms with E-state index in [1.165, 1.54) is 0 Å². The zero-order chi connectivity index (χ0) is 3.58. The first-order chi connectivity index (χ1) is 1.73. The van der Waals surface area contributed by atoms with Gasteiger partial charge in [0.1, 0.15) is 0 Å². The minimum absolute atomic E-state index is 0. The first kappa shape index (κ1) is 15.6. The third-order valence-corrected chi connectivity index (χ3v) is 0. The normalized spacial score (nSPS) is 4.00. The second kappa shape index (κ2) is 9.86. The van der Waals surface area contributed by atoms with Gasteiger partial charge < -0.3 is 12.4 Å². The van der Waals surface area contributed by atoms with Crippen LogP contribution >= 0.6 is 0 Å². The molecule has 3 nitrogen and oxygen atoms in total. The van der Waals surface area contributed by atoms with Crippen LogP contribution in [0.4, 0.5) is 0 Å². The van der Waals surface area contributed by atoms with E-state index in [1.54, 1.807) is 0 Å². The number of rotatable bonds is 0. The fourth-order valence-corrected chi connectivity index (χ4v) is 0. The van der Waals surface area contributed by atoms with Crippen molar-refractivity contribution in [3.8, 4) is 0 Å². The van der Waals surface area contributed by atoms with E-state index in [0.717, 1.165) is 0 Å². The zero-order valence-electron chi connectivity index (χ0n) is 4.81. The molecule has 0 aromatic heterocycles. The van der Waals surface area contributed by atoms with Crippen molar-refractivity contribution in [2.45, 2.75) is 0 Å². The summed E-state index contributed by atoms with van der Waals surface area (Å²) in [6.45, 7) is 0. The molecule has 2 N–H and O–H groups in total. The first-order valence-corrected chi connectivity index (χ1v) is 1.95. The molecule has 0 bridgehead atoms. The van der Waals surface area contributed by atoms with Gasteiger partial charge in [-0.05, 0) is 0 Å². The Kier molecular flexibility index (Phi) is 25.7. The van der Waals surface area contributed by atoms with Crippen LogP contribution in [-0.4, -0.2) is 67.6 Å². The zero-order valence-corrected chi connectivity index (χ0v) is 9.19. The van der Waals surface area contributed by atoms with Crippen LogP contribution in [0.25, 0.3) is 0 Å². The molecule has 0 unspecified atom stereocenters. The summed E-state index contributed by atoms with van der Waals surface area (Å²) in [5, 5.41) is 0. The van der Waals surface area contributed by atoms with Crippen molar-refractivity contribution in [2.24, 2.45) is 0 Å². The number of hydrogen-bond donors (Lipinski definition) is 2. The summed E-state index contributed by atoms with van der Waals surface area (Å²) in [4.78, 5) is 14.3. The summed E-state index contributed by atoms with van der Waals surface area (Å²) in [7, 11) is -3.13. The molecule has 0 aliphatic rings. The van der Waals surface area contributed by atoms with E-state index in [-0.39, 0.29) is 68.8 Å². The van der Waals surface area contributed by atoms with Crippen LogP contribution in [0.3, 0.4) is 0 Å². The molecule has 1 radical (unpaired) electrons. The van der Waals surface area contributed by atoms with Gasteiger partial charge in [0.15, 0.2) is 0 Å². The molecule has 0 heterocycles. The molecule has 0 aliphatic heterocycles. The molecule has 6 heavy (non-hydrogen) atoms. The Morgan fingerprint density at radius 1 is 1.50 bits per heavy atom. The monoisotopic (exact) mass is 281 g/mol. The summed E-state index contributed by atoms with van der Waals surface area (Å²) in [6, 6.07) is 0. The molecule has 0 amide bonds. The number of hydrogen-bond acceptors (Lipinski definition) is 1. The second-order valence-electron chi connectivity index (χ2n) is 0.283. The van der Waals surface area contributed by atoms with E-state index in [0.29, 0.717) is 0 Å². The Balaban J connectivity index is -0.00000000750. The molecule has 6 heteroatoms. The van der Waals surface area contributed by atoms with Crippen LogP contribution in [-0.2, 0) is 21.5 Å². The van der Waals surface area contributed by atoms with E-state index < -0.39 is 9.17 Å². The maximum absolute atomic E-state index is 8.74. The SMILES string of the molecule is O=[Si](O)O.[Ba+2].[Cu].[H-].[H-]. The van der Waals surface area contributed by atoms with E-state index >= 15 is 0 Å². The van der Waals surface area contributed by atoms with E-state index in [9.17, 15) is 0 Å². The Hall–Kier alpha value is 1.71. The van der Waals surface area contributed by atoms with Crippen LogP contribution in [0, 0.1) is 0 Å². The van der Waals surface area contributed by atoms with Crippen molar-refractivity contribution in [3.05, 3.63) is 0 Å². The van der Waals surface area contributed by atoms with Crippen molar-refractivity contribution in [2.75, 3.05) is 0 Å². The molecule has 0 aromatic rings. The second-order valence-corrected chi connectivity index (χ2v) is 0.848. The van der Waals surface area contributed by atoms with E-state index in [2.05, 4.69) is 0 Å². The van der Waals surface area contributed by atoms with Crippen molar-refractivity contribution in [1.82, 2.24) is 0 Å². The molecule has 0 rings (SSSR count). The van der Waals surface area contributed by atoms with Gasteiger partial charge in [-0.2, -0.15) is 0 Å². The Labute approximate surface area is 90.6 Å². The van der Waals surface area contributed by atoms with Gasteiger partial charge in [-0.1, -0.05) is 0 Å². The molecule has 0 aromatic carbocycles. The summed E-state index contributed by atoms with van der Waals surface area (Å²) < 4.78 is 8.74. The van der Waals surface area contributed by atoms with Crippen LogP contribution in [0.2, 0.25) is 0 Å². The molecular formula is H4BaCuO3Si. The summed E-state index contributed by atoms with van der Waals surface area (Å²) in [5.41, 5.74) is 0. The van der Waals surface area contributed by atoms with Gasteiger partial charge in [-0.15, -0.1) is 0 Å². The van der Waals surface area contributed by atoms with E-state index in [1.807, 2.05) is 0 Å². The van der Waals surface area contributed by atoms with Gasteiger partial charge in [0.25, 0.3) is 0 Å². The third-order valence-electron chi connectivity index (χ3n) is 0. The maximum Gasteiger partial charge on any atom is 2.00 e. The predicted octanol–water partition coefficient (Wildman–Crippen LogP) is -1.77. The summed E-state index contributed by atoms with van der Waals surface area (Å²) in [6.07, 6.45) is 0. The average Bonchev–Trinajstić information content (AvgIpc) is 0.811. The molecule has 0 saturated carbocycles. The van der Waals surface area contributed by atoms with Crippen molar-refractivity contribution in [1.29, 1.82) is 0 Å². The first-order valence-electron chi connectivity index (χ1n) is 0.651. The average molecular weight is 281 g/mol. The topological polar surface area (TPSA) is 57.5 Å². The van der Waals surface area contributed by atoms with Gasteiger partial charge in [0, 0.05) is 17.1 Å². The molecule has 0 aliphatic carbocycles. The van der Waals surface area contributed by atoms with Gasteiger partial charge in [0.2, 0.25) is 0 Å². The van der Waals surface area contributed by atoms with Crippen molar-refractivity contribution >= 4 is 58.1 Å². The fourth-order valence-electron chi connectivity index (χ4n) is 0. The van der Waals surface area contributed by atoms with Crippen molar-refractivity contribution in [3.63, 3.8) is 0 Å². The quantitative estimate of drug-likeness (QED) is 0.517. The Bertz CT molecular complexity index is 40.3. The molecule has 39 valence electrons. The summed E-state index contributed by atoms with van der Waals surface area (Å²) >= 11 is 0. The fraction of sp³-hybridized carbons (Fsp3) is 0. The van der Waals surface area contributed by atoms with Gasteiger partial charge in [-0.25, -0.2) is 0 Å². The molecule has 0 spiro atoms. The van der Waals surface area contributed by atoms with Crippen LogP contribution in [0.15, 0.2) is 0 Å².